The number of halogens is 2. The van der Waals surface area contributed by atoms with Crippen molar-refractivity contribution in [2.24, 2.45) is 0 Å². The van der Waals surface area contributed by atoms with Gasteiger partial charge < -0.3 is 10.6 Å². The fraction of sp³-hybridized carbons (Fsp3) is 0.200. The Hall–Kier alpha value is -1.95. The number of carbonyl (C=O) groups is 1. The van der Waals surface area contributed by atoms with Gasteiger partial charge in [-0.05, 0) is 40.5 Å². The van der Waals surface area contributed by atoms with Gasteiger partial charge in [-0.3, -0.25) is 9.78 Å². The minimum Gasteiger partial charge on any atom is -0.384 e. The largest absolute Gasteiger partial charge is 0.384 e. The van der Waals surface area contributed by atoms with Crippen molar-refractivity contribution in [2.75, 3.05) is 17.2 Å². The summed E-state index contributed by atoms with van der Waals surface area (Å²) in [5, 5.41) is 5.72. The highest BCUT2D eigenvalue weighted by molar-refractivity contribution is 9.10. The Morgan fingerprint density at radius 1 is 1.38 bits per heavy atom. The summed E-state index contributed by atoms with van der Waals surface area (Å²) in [5.74, 6) is -0.905. The van der Waals surface area contributed by atoms with Gasteiger partial charge in [0.25, 0.3) is 5.91 Å². The van der Waals surface area contributed by atoms with Gasteiger partial charge in [0.1, 0.15) is 5.82 Å². The lowest BCUT2D eigenvalue weighted by Gasteiger charge is -2.12. The molecule has 2 rings (SSSR count). The van der Waals surface area contributed by atoms with Gasteiger partial charge in [-0.2, -0.15) is 0 Å². The number of nitrogens with one attached hydrogen (secondary N) is 2. The lowest BCUT2D eigenvalue weighted by molar-refractivity contribution is 0.102. The second-order valence-corrected chi connectivity index (χ2v) is 5.25. The zero-order chi connectivity index (χ0) is 15.2. The Labute approximate surface area is 130 Å². The summed E-state index contributed by atoms with van der Waals surface area (Å²) >= 11 is 3.22. The topological polar surface area (TPSA) is 54.0 Å². The zero-order valence-electron chi connectivity index (χ0n) is 11.5. The van der Waals surface area contributed by atoms with E-state index in [1.807, 2.05) is 6.92 Å². The summed E-state index contributed by atoms with van der Waals surface area (Å²) < 4.78 is 14.2. The molecule has 0 fully saturated rings. The number of hydrogen-bond acceptors (Lipinski definition) is 3. The minimum absolute atomic E-state index is 0.118. The van der Waals surface area contributed by atoms with Crippen LogP contribution in [0.15, 0.2) is 41.1 Å². The number of carbonyl (C=O) groups excluding carboxylic acids is 1. The Bertz CT molecular complexity index is 628. The van der Waals surface area contributed by atoms with E-state index in [1.54, 1.807) is 24.4 Å². The van der Waals surface area contributed by atoms with E-state index in [4.69, 9.17) is 0 Å². The number of aromatic nitrogens is 1. The lowest BCUT2D eigenvalue weighted by Crippen LogP contribution is -2.16. The standard InChI is InChI=1S/C15H15BrFN3O/c1-2-7-19-13-6-8-18-9-10(13)15(21)20-14-11(16)4-3-5-12(14)17/h3-6,8-9H,2,7H2,1H3,(H,18,19)(H,20,21). The van der Waals surface area contributed by atoms with E-state index >= 15 is 0 Å². The van der Waals surface area contributed by atoms with Crippen LogP contribution in [-0.4, -0.2) is 17.4 Å². The van der Waals surface area contributed by atoms with E-state index in [1.165, 1.54) is 12.3 Å². The summed E-state index contributed by atoms with van der Waals surface area (Å²) in [6.07, 6.45) is 4.00. The van der Waals surface area contributed by atoms with Gasteiger partial charge in [0, 0.05) is 23.4 Å². The highest BCUT2D eigenvalue weighted by Gasteiger charge is 2.15. The molecule has 4 nitrogen and oxygen atoms in total. The minimum atomic E-state index is -0.496. The molecule has 1 amide bonds. The third-order valence-corrected chi connectivity index (χ3v) is 3.49. The van der Waals surface area contributed by atoms with Gasteiger partial charge in [0.2, 0.25) is 0 Å². The van der Waals surface area contributed by atoms with Crippen molar-refractivity contribution < 1.29 is 9.18 Å². The molecular weight excluding hydrogens is 337 g/mol. The van der Waals surface area contributed by atoms with Crippen molar-refractivity contribution in [3.8, 4) is 0 Å². The van der Waals surface area contributed by atoms with Gasteiger partial charge in [-0.25, -0.2) is 4.39 Å². The molecular formula is C15H15BrFN3O. The summed E-state index contributed by atoms with van der Waals surface area (Å²) in [5.41, 5.74) is 1.17. The van der Waals surface area contributed by atoms with Gasteiger partial charge in [-0.15, -0.1) is 0 Å². The second kappa shape index (κ2) is 7.17. The van der Waals surface area contributed by atoms with Crippen LogP contribution in [-0.2, 0) is 0 Å². The molecule has 0 aliphatic rings. The number of benzene rings is 1. The SMILES string of the molecule is CCCNc1ccncc1C(=O)Nc1c(F)cccc1Br. The van der Waals surface area contributed by atoms with E-state index < -0.39 is 11.7 Å². The molecule has 0 unspecified atom stereocenters. The molecule has 0 aliphatic carbocycles. The molecule has 0 spiro atoms. The van der Waals surface area contributed by atoms with Crippen LogP contribution in [0.4, 0.5) is 15.8 Å². The van der Waals surface area contributed by atoms with Crippen molar-refractivity contribution in [1.29, 1.82) is 0 Å². The van der Waals surface area contributed by atoms with Crippen LogP contribution in [0.1, 0.15) is 23.7 Å². The Morgan fingerprint density at radius 2 is 2.19 bits per heavy atom. The highest BCUT2D eigenvalue weighted by Crippen LogP contribution is 2.26. The smallest absolute Gasteiger partial charge is 0.259 e. The van der Waals surface area contributed by atoms with E-state index in [0.717, 1.165) is 13.0 Å². The van der Waals surface area contributed by atoms with Crippen molar-refractivity contribution in [3.63, 3.8) is 0 Å². The Kier molecular flexibility index (Phi) is 5.27. The van der Waals surface area contributed by atoms with Gasteiger partial charge in [-0.1, -0.05) is 13.0 Å². The molecule has 0 atom stereocenters. The molecule has 1 heterocycles. The molecule has 110 valence electrons. The van der Waals surface area contributed by atoms with Crippen LogP contribution >= 0.6 is 15.9 Å². The van der Waals surface area contributed by atoms with Crippen molar-refractivity contribution in [1.82, 2.24) is 4.98 Å². The first-order chi connectivity index (χ1) is 10.1. The zero-order valence-corrected chi connectivity index (χ0v) is 13.1. The average Bonchev–Trinajstić information content (AvgIpc) is 2.49. The first-order valence-electron chi connectivity index (χ1n) is 6.56. The predicted octanol–water partition coefficient (Wildman–Crippen LogP) is 4.06. The number of pyridine rings is 1. The van der Waals surface area contributed by atoms with Crippen LogP contribution in [0.5, 0.6) is 0 Å². The quantitative estimate of drug-likeness (QED) is 0.853. The van der Waals surface area contributed by atoms with Crippen LogP contribution in [0.2, 0.25) is 0 Å². The summed E-state index contributed by atoms with van der Waals surface area (Å²) in [4.78, 5) is 16.3. The van der Waals surface area contributed by atoms with Crippen LogP contribution < -0.4 is 10.6 Å². The first-order valence-corrected chi connectivity index (χ1v) is 7.36. The summed E-state index contributed by atoms with van der Waals surface area (Å²) in [6, 6.07) is 6.24. The molecule has 2 N–H and O–H groups in total. The molecule has 2 aromatic rings. The highest BCUT2D eigenvalue weighted by atomic mass is 79.9. The third kappa shape index (κ3) is 3.78. The predicted molar refractivity (Wildman–Crippen MR) is 85.1 cm³/mol. The van der Waals surface area contributed by atoms with Gasteiger partial charge >= 0.3 is 0 Å². The second-order valence-electron chi connectivity index (χ2n) is 4.40. The number of hydrogen-bond donors (Lipinski definition) is 2. The summed E-state index contributed by atoms with van der Waals surface area (Å²) in [7, 11) is 0. The molecule has 1 aromatic carbocycles. The lowest BCUT2D eigenvalue weighted by atomic mass is 10.2. The van der Waals surface area contributed by atoms with Crippen molar-refractivity contribution in [3.05, 3.63) is 52.5 Å². The third-order valence-electron chi connectivity index (χ3n) is 2.83. The van der Waals surface area contributed by atoms with Gasteiger partial charge in [0.05, 0.1) is 16.9 Å². The fourth-order valence-corrected chi connectivity index (χ4v) is 2.23. The van der Waals surface area contributed by atoms with E-state index in [2.05, 4.69) is 31.5 Å². The number of para-hydroxylation sites is 1. The molecule has 0 radical (unpaired) electrons. The molecule has 1 aromatic heterocycles. The summed E-state index contributed by atoms with van der Waals surface area (Å²) in [6.45, 7) is 2.78. The first kappa shape index (κ1) is 15.4. The van der Waals surface area contributed by atoms with E-state index in [-0.39, 0.29) is 5.69 Å². The Balaban J connectivity index is 2.25. The maximum atomic E-state index is 13.8. The van der Waals surface area contributed by atoms with E-state index in [9.17, 15) is 9.18 Å². The maximum Gasteiger partial charge on any atom is 0.259 e. The van der Waals surface area contributed by atoms with Gasteiger partial charge in [0.15, 0.2) is 0 Å². The van der Waals surface area contributed by atoms with Crippen LogP contribution in [0.3, 0.4) is 0 Å². The molecule has 6 heteroatoms. The normalized spacial score (nSPS) is 10.2. The number of anilines is 2. The number of nitrogens with zero attached hydrogens (tertiary/aromatic N) is 1. The van der Waals surface area contributed by atoms with E-state index in [0.29, 0.717) is 15.7 Å². The van der Waals surface area contributed by atoms with Crippen LogP contribution in [0, 0.1) is 5.82 Å². The maximum absolute atomic E-state index is 13.8. The molecule has 0 bridgehead atoms. The number of rotatable bonds is 5. The molecule has 0 aliphatic heterocycles. The molecule has 0 saturated carbocycles. The van der Waals surface area contributed by atoms with Crippen molar-refractivity contribution >= 4 is 33.2 Å². The monoisotopic (exact) mass is 351 g/mol. The fourth-order valence-electron chi connectivity index (χ4n) is 1.79. The van der Waals surface area contributed by atoms with Crippen LogP contribution in [0.25, 0.3) is 0 Å². The average molecular weight is 352 g/mol. The molecule has 21 heavy (non-hydrogen) atoms. The number of amides is 1. The Morgan fingerprint density at radius 3 is 2.90 bits per heavy atom. The van der Waals surface area contributed by atoms with Crippen molar-refractivity contribution in [2.45, 2.75) is 13.3 Å². The molecule has 0 saturated heterocycles.